The summed E-state index contributed by atoms with van der Waals surface area (Å²) in [4.78, 5) is 40.2. The van der Waals surface area contributed by atoms with Crippen molar-refractivity contribution < 1.29 is 29.3 Å². The zero-order valence-electron chi connectivity index (χ0n) is 19.8. The van der Waals surface area contributed by atoms with E-state index in [1.54, 1.807) is 12.1 Å². The van der Waals surface area contributed by atoms with Crippen molar-refractivity contribution in [2.75, 3.05) is 20.7 Å². The van der Waals surface area contributed by atoms with Crippen molar-refractivity contribution in [3.63, 3.8) is 0 Å². The number of aliphatic hydroxyl groups excluding tert-OH is 1. The van der Waals surface area contributed by atoms with E-state index in [9.17, 15) is 24.6 Å². The molecule has 4 bridgehead atoms. The first-order valence-electron chi connectivity index (χ1n) is 11.3. The number of phenols is 1. The van der Waals surface area contributed by atoms with Gasteiger partial charge in [-0.05, 0) is 34.4 Å². The molecule has 0 aliphatic carbocycles. The van der Waals surface area contributed by atoms with Gasteiger partial charge in [0, 0.05) is 32.9 Å². The average molecular weight is 485 g/mol. The van der Waals surface area contributed by atoms with Crippen LogP contribution in [0, 0.1) is 0 Å². The number of carbonyl (C=O) groups is 3. The Balaban J connectivity index is 2.11. The lowest BCUT2D eigenvalue weighted by atomic mass is 9.96. The summed E-state index contributed by atoms with van der Waals surface area (Å²) in [7, 11) is 2.68. The predicted molar refractivity (Wildman–Crippen MR) is 129 cm³/mol. The molecule has 4 atom stereocenters. The summed E-state index contributed by atoms with van der Waals surface area (Å²) in [5, 5.41) is 23.1. The number of amides is 2. The number of rotatable bonds is 4. The van der Waals surface area contributed by atoms with Gasteiger partial charge in [-0.1, -0.05) is 30.3 Å². The molecule has 0 spiro atoms. The van der Waals surface area contributed by atoms with Gasteiger partial charge >= 0.3 is 5.97 Å². The van der Waals surface area contributed by atoms with Gasteiger partial charge < -0.3 is 36.6 Å². The molecule has 2 amide bonds. The van der Waals surface area contributed by atoms with Crippen LogP contribution in [0.15, 0.2) is 42.5 Å². The lowest BCUT2D eigenvalue weighted by Crippen LogP contribution is -2.56. The molecule has 2 aromatic carbocycles. The second kappa shape index (κ2) is 11.3. The van der Waals surface area contributed by atoms with Crippen LogP contribution in [-0.4, -0.2) is 77.8 Å². The normalized spacial score (nSPS) is 22.0. The van der Waals surface area contributed by atoms with Crippen molar-refractivity contribution in [3.05, 3.63) is 53.6 Å². The third kappa shape index (κ3) is 6.16. The van der Waals surface area contributed by atoms with Crippen LogP contribution < -0.4 is 16.8 Å². The molecule has 0 unspecified atom stereocenters. The number of esters is 1. The molecule has 2 aromatic rings. The molecule has 10 heteroatoms. The summed E-state index contributed by atoms with van der Waals surface area (Å²) in [6, 6.07) is 9.25. The molecule has 0 radical (unpaired) electrons. The van der Waals surface area contributed by atoms with E-state index in [2.05, 4.69) is 5.32 Å². The topological polar surface area (TPSA) is 168 Å². The number of nitrogens with two attached hydrogens (primary N) is 2. The highest BCUT2D eigenvalue weighted by Crippen LogP contribution is 2.28. The van der Waals surface area contributed by atoms with Crippen molar-refractivity contribution in [1.29, 1.82) is 0 Å². The number of benzene rings is 2. The van der Waals surface area contributed by atoms with E-state index in [1.165, 1.54) is 25.1 Å². The number of methoxy groups -OCH3 is 1. The maximum absolute atomic E-state index is 13.4. The van der Waals surface area contributed by atoms with E-state index < -0.39 is 42.0 Å². The first kappa shape index (κ1) is 26.1. The zero-order chi connectivity index (χ0) is 25.7. The van der Waals surface area contributed by atoms with E-state index in [0.29, 0.717) is 5.56 Å². The number of phenolic OH excluding ortho intramolecular Hbond substituents is 1. The van der Waals surface area contributed by atoms with E-state index >= 15 is 0 Å². The molecule has 0 fully saturated rings. The molecular weight excluding hydrogens is 452 g/mol. The van der Waals surface area contributed by atoms with Crippen LogP contribution in [0.3, 0.4) is 0 Å². The second-order valence-electron chi connectivity index (χ2n) is 8.73. The van der Waals surface area contributed by atoms with E-state index in [-0.39, 0.29) is 31.6 Å². The number of aliphatic hydroxyl groups is 1. The highest BCUT2D eigenvalue weighted by molar-refractivity contribution is 5.92. The van der Waals surface area contributed by atoms with E-state index in [0.717, 1.165) is 16.7 Å². The lowest BCUT2D eigenvalue weighted by Gasteiger charge is -2.31. The third-order valence-corrected chi connectivity index (χ3v) is 6.23. The molecule has 3 rings (SSSR count). The van der Waals surface area contributed by atoms with Gasteiger partial charge in [-0.25, -0.2) is 4.79 Å². The van der Waals surface area contributed by atoms with Crippen molar-refractivity contribution >= 4 is 17.8 Å². The molecule has 1 heterocycles. The fourth-order valence-corrected chi connectivity index (χ4v) is 4.14. The van der Waals surface area contributed by atoms with Crippen LogP contribution >= 0.6 is 0 Å². The quantitative estimate of drug-likeness (QED) is 0.368. The molecule has 0 aromatic heterocycles. The number of likely N-dealkylation sites (N-methyl/N-ethyl adjacent to an activating group) is 1. The van der Waals surface area contributed by atoms with Gasteiger partial charge in [-0.15, -0.1) is 0 Å². The van der Waals surface area contributed by atoms with Crippen molar-refractivity contribution in [2.45, 2.75) is 43.5 Å². The van der Waals surface area contributed by atoms with Gasteiger partial charge in [-0.2, -0.15) is 0 Å². The Bertz CT molecular complexity index is 1090. The summed E-state index contributed by atoms with van der Waals surface area (Å²) in [6.45, 7) is -0.122. The molecule has 188 valence electrons. The summed E-state index contributed by atoms with van der Waals surface area (Å²) in [5.74, 6) is -1.86. The number of hydrogen-bond acceptors (Lipinski definition) is 8. The Morgan fingerprint density at radius 2 is 1.91 bits per heavy atom. The van der Waals surface area contributed by atoms with Gasteiger partial charge in [0.2, 0.25) is 11.8 Å². The minimum atomic E-state index is -1.18. The van der Waals surface area contributed by atoms with Crippen LogP contribution in [-0.2, 0) is 32.0 Å². The zero-order valence-corrected chi connectivity index (χ0v) is 19.8. The predicted octanol–water partition coefficient (Wildman–Crippen LogP) is -0.320. The number of fused-ring (bicyclic) bond motifs is 5. The Labute approximate surface area is 203 Å². The van der Waals surface area contributed by atoms with Crippen LogP contribution in [0.5, 0.6) is 5.75 Å². The smallest absolute Gasteiger partial charge is 0.328 e. The first-order valence-corrected chi connectivity index (χ1v) is 11.3. The molecule has 10 nitrogen and oxygen atoms in total. The minimum absolute atomic E-state index is 0.00543. The third-order valence-electron chi connectivity index (χ3n) is 6.23. The summed E-state index contributed by atoms with van der Waals surface area (Å²) in [5.41, 5.74) is 14.5. The van der Waals surface area contributed by atoms with Gasteiger partial charge in [0.1, 0.15) is 17.8 Å². The summed E-state index contributed by atoms with van der Waals surface area (Å²) in [6.07, 6.45) is -1.05. The number of hydrogen-bond donors (Lipinski definition) is 5. The van der Waals surface area contributed by atoms with Crippen molar-refractivity contribution in [1.82, 2.24) is 10.2 Å². The Morgan fingerprint density at radius 3 is 2.60 bits per heavy atom. The van der Waals surface area contributed by atoms with Crippen LogP contribution in [0.25, 0.3) is 11.1 Å². The number of ether oxygens (including phenoxy) is 1. The summed E-state index contributed by atoms with van der Waals surface area (Å²) < 4.78 is 4.96. The maximum atomic E-state index is 13.4. The second-order valence-corrected chi connectivity index (χ2v) is 8.73. The monoisotopic (exact) mass is 484 g/mol. The molecule has 0 saturated carbocycles. The SMILES string of the molecule is COC(=O)[C@@H]1Cc2cccc(c2)-c2ccc(O)c(c2)C[C@H](N)C(=O)N[C@@H](C[C@@H](O)CN)C(=O)N1C. The molecule has 0 saturated heterocycles. The first-order chi connectivity index (χ1) is 16.6. The highest BCUT2D eigenvalue weighted by atomic mass is 16.5. The molecular formula is C25H32N4O6. The molecule has 1 aliphatic heterocycles. The van der Waals surface area contributed by atoms with E-state index in [1.807, 2.05) is 24.3 Å². The van der Waals surface area contributed by atoms with Gasteiger partial charge in [0.25, 0.3) is 0 Å². The van der Waals surface area contributed by atoms with Crippen molar-refractivity contribution in [2.24, 2.45) is 11.5 Å². The maximum Gasteiger partial charge on any atom is 0.328 e. The fourth-order valence-electron chi connectivity index (χ4n) is 4.14. The minimum Gasteiger partial charge on any atom is -0.508 e. The van der Waals surface area contributed by atoms with Gasteiger partial charge in [0.15, 0.2) is 0 Å². The number of nitrogens with one attached hydrogen (secondary N) is 1. The lowest BCUT2D eigenvalue weighted by molar-refractivity contribution is -0.153. The largest absolute Gasteiger partial charge is 0.508 e. The molecule has 35 heavy (non-hydrogen) atoms. The number of aromatic hydroxyl groups is 1. The number of carbonyl (C=O) groups excluding carboxylic acids is 3. The van der Waals surface area contributed by atoms with Crippen LogP contribution in [0.4, 0.5) is 0 Å². The van der Waals surface area contributed by atoms with Gasteiger partial charge in [-0.3, -0.25) is 9.59 Å². The Morgan fingerprint density at radius 1 is 1.20 bits per heavy atom. The highest BCUT2D eigenvalue weighted by Gasteiger charge is 2.34. The Kier molecular flexibility index (Phi) is 8.44. The van der Waals surface area contributed by atoms with Crippen LogP contribution in [0.1, 0.15) is 17.5 Å². The fraction of sp³-hybridized carbons (Fsp3) is 0.400. The average Bonchev–Trinajstić information content (AvgIpc) is 2.86. The summed E-state index contributed by atoms with van der Waals surface area (Å²) >= 11 is 0. The van der Waals surface area contributed by atoms with Crippen molar-refractivity contribution in [3.8, 4) is 16.9 Å². The Hall–Kier alpha value is -3.47. The van der Waals surface area contributed by atoms with E-state index in [4.69, 9.17) is 16.2 Å². The van der Waals surface area contributed by atoms with Crippen LogP contribution in [0.2, 0.25) is 0 Å². The standard InChI is InChI=1S/C25H32N4O6/c1-29-21(25(34)35-2)9-14-4-3-5-15(8-14)16-6-7-22(31)17(10-16)11-19(27)23(32)28-20(24(29)33)12-18(30)13-26/h3-8,10,18-21,30-31H,9,11-13,26-27H2,1-2H3,(H,28,32)/t18-,19+,20+,21+/m1/s1. The number of nitrogens with zero attached hydrogens (tertiary/aromatic N) is 1. The molecule has 7 N–H and O–H groups in total. The van der Waals surface area contributed by atoms with Gasteiger partial charge in [0.05, 0.1) is 19.3 Å². The molecule has 1 aliphatic rings.